The average molecular weight is 316 g/mol. The summed E-state index contributed by atoms with van der Waals surface area (Å²) in [4.78, 5) is 7.20. The van der Waals surface area contributed by atoms with Crippen molar-refractivity contribution in [2.45, 2.75) is 32.7 Å². The molecule has 1 aromatic carbocycles. The van der Waals surface area contributed by atoms with Crippen LogP contribution in [0.25, 0.3) is 11.0 Å². The number of hydrogen-bond acceptors (Lipinski definition) is 2. The molecule has 2 heterocycles. The van der Waals surface area contributed by atoms with E-state index in [-0.39, 0.29) is 24.8 Å². The summed E-state index contributed by atoms with van der Waals surface area (Å²) in [5, 5.41) is 0. The van der Waals surface area contributed by atoms with Crippen LogP contribution in [0.3, 0.4) is 0 Å². The molecule has 0 N–H and O–H groups in total. The van der Waals surface area contributed by atoms with E-state index in [0.717, 1.165) is 24.4 Å². The van der Waals surface area contributed by atoms with Gasteiger partial charge < -0.3 is 9.47 Å². The minimum Gasteiger partial charge on any atom is -0.327 e. The number of aryl methyl sites for hydroxylation is 1. The molecule has 0 bridgehead atoms. The molecule has 0 radical (unpaired) electrons. The Balaban J connectivity index is 0.000001000. The van der Waals surface area contributed by atoms with E-state index in [2.05, 4.69) is 45.6 Å². The number of fused-ring (bicyclic) bond motifs is 1. The molecular formula is C15H23Cl2N3. The lowest BCUT2D eigenvalue weighted by molar-refractivity contribution is 0.221. The predicted octanol–water partition coefficient (Wildman–Crippen LogP) is 3.67. The first-order valence-corrected chi connectivity index (χ1v) is 6.99. The van der Waals surface area contributed by atoms with Gasteiger partial charge in [0, 0.05) is 13.1 Å². The van der Waals surface area contributed by atoms with E-state index in [1.165, 1.54) is 37.9 Å². The highest BCUT2D eigenvalue weighted by molar-refractivity contribution is 5.85. The van der Waals surface area contributed by atoms with Crippen LogP contribution in [0.2, 0.25) is 0 Å². The molecule has 1 saturated heterocycles. The standard InChI is InChI=1S/C15H21N3.2ClH/c1-13-16-14-7-3-4-8-15(14)18(13)12-11-17-9-5-2-6-10-17;;/h3-4,7-8H,2,5-6,9-12H2,1H3;2*1H. The third kappa shape index (κ3) is 3.66. The smallest absolute Gasteiger partial charge is 0.106 e. The highest BCUT2D eigenvalue weighted by Crippen LogP contribution is 2.16. The van der Waals surface area contributed by atoms with Crippen molar-refractivity contribution in [3.63, 3.8) is 0 Å². The second-order valence-corrected chi connectivity index (χ2v) is 5.20. The summed E-state index contributed by atoms with van der Waals surface area (Å²) in [5.41, 5.74) is 2.39. The molecule has 0 atom stereocenters. The Bertz CT molecular complexity index is 533. The second-order valence-electron chi connectivity index (χ2n) is 5.20. The summed E-state index contributed by atoms with van der Waals surface area (Å²) in [6.45, 7) is 6.86. The van der Waals surface area contributed by atoms with Gasteiger partial charge in [-0.1, -0.05) is 18.6 Å². The predicted molar refractivity (Wildman–Crippen MR) is 89.3 cm³/mol. The van der Waals surface area contributed by atoms with Crippen molar-refractivity contribution in [3.05, 3.63) is 30.1 Å². The topological polar surface area (TPSA) is 21.1 Å². The van der Waals surface area contributed by atoms with Crippen LogP contribution in [0.1, 0.15) is 25.1 Å². The Hall–Kier alpha value is -0.770. The van der Waals surface area contributed by atoms with Gasteiger partial charge in [-0.05, 0) is 45.0 Å². The van der Waals surface area contributed by atoms with Crippen molar-refractivity contribution in [2.75, 3.05) is 19.6 Å². The molecule has 0 aliphatic carbocycles. The number of hydrogen-bond donors (Lipinski definition) is 0. The van der Waals surface area contributed by atoms with Gasteiger partial charge in [-0.25, -0.2) is 4.98 Å². The van der Waals surface area contributed by atoms with Gasteiger partial charge >= 0.3 is 0 Å². The SMILES string of the molecule is Cc1nc2ccccc2n1CCN1CCCCC1.Cl.Cl. The summed E-state index contributed by atoms with van der Waals surface area (Å²) >= 11 is 0. The van der Waals surface area contributed by atoms with Gasteiger partial charge in [0.2, 0.25) is 0 Å². The van der Waals surface area contributed by atoms with Crippen LogP contribution >= 0.6 is 24.8 Å². The third-order valence-corrected chi connectivity index (χ3v) is 3.93. The zero-order valence-electron chi connectivity index (χ0n) is 11.9. The Labute approximate surface area is 133 Å². The largest absolute Gasteiger partial charge is 0.327 e. The molecule has 20 heavy (non-hydrogen) atoms. The normalized spacial score (nSPS) is 15.7. The van der Waals surface area contributed by atoms with Gasteiger partial charge in [-0.15, -0.1) is 24.8 Å². The molecule has 3 rings (SSSR count). The average Bonchev–Trinajstić information content (AvgIpc) is 2.73. The summed E-state index contributed by atoms with van der Waals surface area (Å²) < 4.78 is 2.35. The Morgan fingerprint density at radius 3 is 2.45 bits per heavy atom. The lowest BCUT2D eigenvalue weighted by atomic mass is 10.1. The molecule has 0 spiro atoms. The van der Waals surface area contributed by atoms with Crippen molar-refractivity contribution < 1.29 is 0 Å². The van der Waals surface area contributed by atoms with Crippen molar-refractivity contribution in [1.82, 2.24) is 14.5 Å². The third-order valence-electron chi connectivity index (χ3n) is 3.93. The number of para-hydroxylation sites is 2. The number of piperidine rings is 1. The van der Waals surface area contributed by atoms with E-state index in [1.807, 2.05) is 0 Å². The molecule has 1 aliphatic rings. The van der Waals surface area contributed by atoms with Gasteiger partial charge in [0.1, 0.15) is 5.82 Å². The Morgan fingerprint density at radius 2 is 1.70 bits per heavy atom. The fraction of sp³-hybridized carbons (Fsp3) is 0.533. The molecule has 0 unspecified atom stereocenters. The summed E-state index contributed by atoms with van der Waals surface area (Å²) in [6.07, 6.45) is 4.14. The van der Waals surface area contributed by atoms with Gasteiger partial charge in [0.05, 0.1) is 11.0 Å². The molecule has 3 nitrogen and oxygen atoms in total. The first-order chi connectivity index (χ1) is 8.84. The number of imidazole rings is 1. The fourth-order valence-corrected chi connectivity index (χ4v) is 2.90. The zero-order chi connectivity index (χ0) is 12.4. The van der Waals surface area contributed by atoms with Crippen LogP contribution in [0.15, 0.2) is 24.3 Å². The van der Waals surface area contributed by atoms with Gasteiger partial charge in [-0.2, -0.15) is 0 Å². The Morgan fingerprint density at radius 1 is 1.00 bits per heavy atom. The number of rotatable bonds is 3. The monoisotopic (exact) mass is 315 g/mol. The minimum atomic E-state index is 0. The van der Waals surface area contributed by atoms with Crippen molar-refractivity contribution in [2.24, 2.45) is 0 Å². The number of nitrogens with zero attached hydrogens (tertiary/aromatic N) is 3. The van der Waals surface area contributed by atoms with E-state index in [1.54, 1.807) is 0 Å². The van der Waals surface area contributed by atoms with Crippen molar-refractivity contribution in [1.29, 1.82) is 0 Å². The fourth-order valence-electron chi connectivity index (χ4n) is 2.90. The first-order valence-electron chi connectivity index (χ1n) is 6.99. The Kier molecular flexibility index (Phi) is 6.80. The zero-order valence-corrected chi connectivity index (χ0v) is 13.6. The van der Waals surface area contributed by atoms with E-state index < -0.39 is 0 Å². The first kappa shape index (κ1) is 17.3. The quantitative estimate of drug-likeness (QED) is 0.861. The maximum Gasteiger partial charge on any atom is 0.106 e. The molecule has 112 valence electrons. The molecule has 1 aliphatic heterocycles. The van der Waals surface area contributed by atoms with Crippen LogP contribution < -0.4 is 0 Å². The lowest BCUT2D eigenvalue weighted by Gasteiger charge is -2.26. The number of likely N-dealkylation sites (tertiary alicyclic amines) is 1. The van der Waals surface area contributed by atoms with Crippen LogP contribution in [-0.2, 0) is 6.54 Å². The summed E-state index contributed by atoms with van der Waals surface area (Å²) in [5.74, 6) is 1.13. The number of benzene rings is 1. The van der Waals surface area contributed by atoms with Gasteiger partial charge in [0.25, 0.3) is 0 Å². The molecule has 0 saturated carbocycles. The van der Waals surface area contributed by atoms with E-state index in [0.29, 0.717) is 0 Å². The molecule has 1 fully saturated rings. The van der Waals surface area contributed by atoms with Crippen LogP contribution in [0.5, 0.6) is 0 Å². The second kappa shape index (κ2) is 7.87. The van der Waals surface area contributed by atoms with Crippen LogP contribution in [0, 0.1) is 6.92 Å². The maximum absolute atomic E-state index is 4.62. The minimum absolute atomic E-state index is 0. The van der Waals surface area contributed by atoms with Crippen LogP contribution in [-0.4, -0.2) is 34.1 Å². The molecule has 1 aromatic heterocycles. The molecule has 0 amide bonds. The highest BCUT2D eigenvalue weighted by atomic mass is 35.5. The maximum atomic E-state index is 4.62. The van der Waals surface area contributed by atoms with E-state index in [9.17, 15) is 0 Å². The lowest BCUT2D eigenvalue weighted by Crippen LogP contribution is -2.32. The van der Waals surface area contributed by atoms with Gasteiger partial charge in [0.15, 0.2) is 0 Å². The van der Waals surface area contributed by atoms with Crippen molar-refractivity contribution in [3.8, 4) is 0 Å². The molecular weight excluding hydrogens is 293 g/mol. The molecule has 2 aromatic rings. The summed E-state index contributed by atoms with van der Waals surface area (Å²) in [7, 11) is 0. The van der Waals surface area contributed by atoms with Gasteiger partial charge in [-0.3, -0.25) is 0 Å². The van der Waals surface area contributed by atoms with Crippen molar-refractivity contribution >= 4 is 35.8 Å². The van der Waals surface area contributed by atoms with E-state index in [4.69, 9.17) is 0 Å². The number of halogens is 2. The molecule has 5 heteroatoms. The number of aromatic nitrogens is 2. The summed E-state index contributed by atoms with van der Waals surface area (Å²) in [6, 6.07) is 8.43. The van der Waals surface area contributed by atoms with Crippen LogP contribution in [0.4, 0.5) is 0 Å². The highest BCUT2D eigenvalue weighted by Gasteiger charge is 2.11. The van der Waals surface area contributed by atoms with E-state index >= 15 is 0 Å².